The van der Waals surface area contributed by atoms with Crippen molar-refractivity contribution >= 4 is 53.8 Å². The predicted octanol–water partition coefficient (Wildman–Crippen LogP) is 3.37. The van der Waals surface area contributed by atoms with Crippen LogP contribution >= 0.6 is 47.8 Å². The van der Waals surface area contributed by atoms with Gasteiger partial charge in [-0.15, -0.1) is 0 Å². The molecule has 104 valence electrons. The van der Waals surface area contributed by atoms with E-state index in [1.165, 1.54) is 0 Å². The lowest BCUT2D eigenvalue weighted by atomic mass is 10.2. The summed E-state index contributed by atoms with van der Waals surface area (Å²) in [7, 11) is 0. The fourth-order valence-electron chi connectivity index (χ4n) is 1.59. The summed E-state index contributed by atoms with van der Waals surface area (Å²) in [4.78, 5) is 15.9. The Balaban J connectivity index is 2.14. The highest BCUT2D eigenvalue weighted by atomic mass is 80.0. The van der Waals surface area contributed by atoms with Crippen LogP contribution in [-0.2, 0) is 11.3 Å². The van der Waals surface area contributed by atoms with E-state index in [-0.39, 0.29) is 5.69 Å². The Kier molecular flexibility index (Phi) is 5.29. The number of alkyl halides is 3. The quantitative estimate of drug-likeness (QED) is 0.396. The second-order valence-corrected chi connectivity index (χ2v) is 10.5. The van der Waals surface area contributed by atoms with Crippen molar-refractivity contribution in [2.24, 2.45) is 0 Å². The number of nitrogens with zero attached hydrogens (tertiary/aromatic N) is 2. The molecule has 0 bridgehead atoms. The first-order valence-electron chi connectivity index (χ1n) is 5.63. The SMILES string of the molecule is O=C(OC(Br)(Br)Br)c1c[n+](Cc2ccccc2)ccn1. The highest BCUT2D eigenvalue weighted by Gasteiger charge is 2.26. The van der Waals surface area contributed by atoms with E-state index in [4.69, 9.17) is 4.74 Å². The minimum Gasteiger partial charge on any atom is -0.422 e. The Labute approximate surface area is 141 Å². The first-order valence-corrected chi connectivity index (χ1v) is 8.01. The van der Waals surface area contributed by atoms with Gasteiger partial charge in [-0.25, -0.2) is 9.78 Å². The number of carbonyl (C=O) groups is 1. The Bertz CT molecular complexity index is 600. The third-order valence-corrected chi connectivity index (χ3v) is 2.87. The molecule has 20 heavy (non-hydrogen) atoms. The van der Waals surface area contributed by atoms with Gasteiger partial charge in [-0.1, -0.05) is 30.3 Å². The van der Waals surface area contributed by atoms with Crippen LogP contribution in [0.3, 0.4) is 0 Å². The largest absolute Gasteiger partial charge is 0.422 e. The summed E-state index contributed by atoms with van der Waals surface area (Å²) in [6.07, 6.45) is 5.01. The van der Waals surface area contributed by atoms with Crippen molar-refractivity contribution in [3.63, 3.8) is 0 Å². The van der Waals surface area contributed by atoms with E-state index in [1.54, 1.807) is 18.6 Å². The smallest absolute Gasteiger partial charge is 0.365 e. The molecule has 0 aliphatic carbocycles. The predicted molar refractivity (Wildman–Crippen MR) is 84.9 cm³/mol. The Morgan fingerprint density at radius 3 is 2.60 bits per heavy atom. The lowest BCUT2D eigenvalue weighted by Crippen LogP contribution is -2.35. The summed E-state index contributed by atoms with van der Waals surface area (Å²) >= 11 is 9.31. The van der Waals surface area contributed by atoms with Crippen LogP contribution in [0.4, 0.5) is 0 Å². The molecule has 0 spiro atoms. The van der Waals surface area contributed by atoms with Gasteiger partial charge in [0, 0.05) is 5.56 Å². The van der Waals surface area contributed by atoms with Crippen molar-refractivity contribution in [3.8, 4) is 0 Å². The maximum absolute atomic E-state index is 11.9. The van der Waals surface area contributed by atoms with E-state index in [1.807, 2.05) is 34.9 Å². The van der Waals surface area contributed by atoms with Crippen LogP contribution in [-0.4, -0.2) is 13.3 Å². The zero-order valence-electron chi connectivity index (χ0n) is 10.2. The highest BCUT2D eigenvalue weighted by molar-refractivity contribution is 9.39. The van der Waals surface area contributed by atoms with Crippen molar-refractivity contribution in [1.29, 1.82) is 0 Å². The molecule has 1 heterocycles. The zero-order valence-corrected chi connectivity index (χ0v) is 14.9. The van der Waals surface area contributed by atoms with Crippen molar-refractivity contribution in [1.82, 2.24) is 4.98 Å². The van der Waals surface area contributed by atoms with Gasteiger partial charge in [0.1, 0.15) is 0 Å². The first kappa shape index (κ1) is 15.6. The third-order valence-electron chi connectivity index (χ3n) is 2.39. The molecule has 0 saturated heterocycles. The van der Waals surface area contributed by atoms with Crippen LogP contribution in [0.2, 0.25) is 0 Å². The maximum Gasteiger partial charge on any atom is 0.365 e. The van der Waals surface area contributed by atoms with Crippen LogP contribution in [0, 0.1) is 0 Å². The van der Waals surface area contributed by atoms with Crippen molar-refractivity contribution in [3.05, 3.63) is 60.2 Å². The summed E-state index contributed by atoms with van der Waals surface area (Å²) < 4.78 is 5.86. The molecular weight excluding hydrogens is 456 g/mol. The Hall–Kier alpha value is -0.790. The van der Waals surface area contributed by atoms with E-state index >= 15 is 0 Å². The fraction of sp³-hybridized carbons (Fsp3) is 0.154. The van der Waals surface area contributed by atoms with Gasteiger partial charge in [-0.3, -0.25) is 0 Å². The van der Waals surface area contributed by atoms with Crippen LogP contribution in [0.5, 0.6) is 0 Å². The van der Waals surface area contributed by atoms with Gasteiger partial charge in [0.25, 0.3) is 2.33 Å². The second kappa shape index (κ2) is 6.78. The number of ether oxygens (including phenoxy) is 1. The summed E-state index contributed by atoms with van der Waals surface area (Å²) in [6, 6.07) is 9.95. The maximum atomic E-state index is 11.9. The number of esters is 1. The van der Waals surface area contributed by atoms with Crippen molar-refractivity contribution in [2.45, 2.75) is 8.87 Å². The van der Waals surface area contributed by atoms with Crippen LogP contribution in [0.25, 0.3) is 0 Å². The van der Waals surface area contributed by atoms with E-state index < -0.39 is 8.30 Å². The van der Waals surface area contributed by atoms with E-state index in [9.17, 15) is 4.79 Å². The topological polar surface area (TPSA) is 43.1 Å². The van der Waals surface area contributed by atoms with Gasteiger partial charge in [0.2, 0.25) is 11.9 Å². The van der Waals surface area contributed by atoms with E-state index in [0.717, 1.165) is 5.56 Å². The number of carbonyl (C=O) groups excluding carboxylic acids is 1. The van der Waals surface area contributed by atoms with E-state index in [0.29, 0.717) is 6.54 Å². The monoisotopic (exact) mass is 463 g/mol. The van der Waals surface area contributed by atoms with Crippen LogP contribution < -0.4 is 4.57 Å². The standard InChI is InChI=1S/C13H10Br3N2O2/c14-13(15,16)20-12(19)11-9-18(7-6-17-11)8-10-4-2-1-3-5-10/h1-7,9H,8H2/q+1. The molecule has 2 aromatic rings. The average Bonchev–Trinajstić information content (AvgIpc) is 2.38. The molecule has 4 nitrogen and oxygen atoms in total. The summed E-state index contributed by atoms with van der Waals surface area (Å²) in [5, 5.41) is 0. The number of aromatic nitrogens is 2. The van der Waals surface area contributed by atoms with Crippen molar-refractivity contribution in [2.75, 3.05) is 0 Å². The number of hydrogen-bond acceptors (Lipinski definition) is 3. The number of rotatable bonds is 3. The molecule has 1 aromatic heterocycles. The fourth-order valence-corrected chi connectivity index (χ4v) is 2.03. The zero-order chi connectivity index (χ0) is 14.6. The normalized spacial score (nSPS) is 11.2. The molecule has 0 fully saturated rings. The minimum atomic E-state index is -1.08. The molecule has 0 aliphatic heterocycles. The second-order valence-electron chi connectivity index (χ2n) is 3.93. The highest BCUT2D eigenvalue weighted by Crippen LogP contribution is 2.35. The van der Waals surface area contributed by atoms with Gasteiger partial charge in [-0.2, -0.15) is 4.57 Å². The molecule has 7 heteroatoms. The molecule has 0 unspecified atom stereocenters. The van der Waals surface area contributed by atoms with Gasteiger partial charge in [-0.05, 0) is 47.8 Å². The molecular formula is C13H10Br3N2O2+. The molecule has 0 amide bonds. The van der Waals surface area contributed by atoms with Gasteiger partial charge < -0.3 is 4.74 Å². The Morgan fingerprint density at radius 1 is 1.25 bits per heavy atom. The minimum absolute atomic E-state index is 0.228. The molecule has 0 aliphatic rings. The Morgan fingerprint density at radius 2 is 1.95 bits per heavy atom. The van der Waals surface area contributed by atoms with Crippen molar-refractivity contribution < 1.29 is 14.1 Å². The van der Waals surface area contributed by atoms with Crippen LogP contribution in [0.1, 0.15) is 16.1 Å². The molecule has 0 atom stereocenters. The molecule has 1 aromatic carbocycles. The summed E-state index contributed by atoms with van der Waals surface area (Å²) in [5.41, 5.74) is 1.37. The van der Waals surface area contributed by atoms with Gasteiger partial charge >= 0.3 is 5.97 Å². The number of benzene rings is 1. The summed E-state index contributed by atoms with van der Waals surface area (Å²) in [5.74, 6) is -0.543. The third kappa shape index (κ3) is 4.96. The van der Waals surface area contributed by atoms with Gasteiger partial charge in [0.05, 0.1) is 6.20 Å². The van der Waals surface area contributed by atoms with Crippen LogP contribution in [0.15, 0.2) is 48.9 Å². The lowest BCUT2D eigenvalue weighted by molar-refractivity contribution is -0.689. The molecule has 0 N–H and O–H groups in total. The molecule has 0 radical (unpaired) electrons. The molecule has 0 saturated carbocycles. The number of hydrogen-bond donors (Lipinski definition) is 0. The summed E-state index contributed by atoms with van der Waals surface area (Å²) in [6.45, 7) is 0.658. The molecule has 2 rings (SSSR count). The lowest BCUT2D eigenvalue weighted by Gasteiger charge is -2.12. The first-order chi connectivity index (χ1) is 9.44. The average molecular weight is 466 g/mol. The van der Waals surface area contributed by atoms with E-state index in [2.05, 4.69) is 52.8 Å². The number of halogens is 3. The van der Waals surface area contributed by atoms with Gasteiger partial charge in [0.15, 0.2) is 12.7 Å².